The van der Waals surface area contributed by atoms with Crippen molar-refractivity contribution in [1.29, 1.82) is 0 Å². The fraction of sp³-hybridized carbons (Fsp3) is 0.638. The van der Waals surface area contributed by atoms with Crippen LogP contribution in [0.2, 0.25) is 0 Å². The number of carbonyl (C=O) groups is 3. The second-order valence-electron chi connectivity index (χ2n) is 19.9. The van der Waals surface area contributed by atoms with Crippen molar-refractivity contribution in [3.05, 3.63) is 134 Å². The van der Waals surface area contributed by atoms with Gasteiger partial charge in [0.05, 0.1) is 0 Å². The topological polar surface area (TPSA) is 78.9 Å². The van der Waals surface area contributed by atoms with Gasteiger partial charge < -0.3 is 14.2 Å². The van der Waals surface area contributed by atoms with Gasteiger partial charge in [-0.3, -0.25) is 14.4 Å². The van der Waals surface area contributed by atoms with Crippen LogP contribution in [0.1, 0.15) is 265 Å². The van der Waals surface area contributed by atoms with Crippen molar-refractivity contribution < 1.29 is 28.6 Å². The van der Waals surface area contributed by atoms with E-state index in [1.165, 1.54) is 77.0 Å². The largest absolute Gasteiger partial charge is 0.462 e. The summed E-state index contributed by atoms with van der Waals surface area (Å²) in [5.74, 6) is -0.917. The predicted molar refractivity (Wildman–Crippen MR) is 325 cm³/mol. The molecule has 75 heavy (non-hydrogen) atoms. The first-order chi connectivity index (χ1) is 37.0. The molecule has 0 amide bonds. The second kappa shape index (κ2) is 62.1. The van der Waals surface area contributed by atoms with Crippen LogP contribution >= 0.6 is 0 Å². The Morgan fingerprint density at radius 2 is 0.520 bits per heavy atom. The van der Waals surface area contributed by atoms with E-state index in [1.807, 2.05) is 0 Å². The summed E-state index contributed by atoms with van der Waals surface area (Å²) in [5.41, 5.74) is 0. The van der Waals surface area contributed by atoms with Crippen LogP contribution in [0.15, 0.2) is 134 Å². The van der Waals surface area contributed by atoms with Gasteiger partial charge >= 0.3 is 17.9 Å². The van der Waals surface area contributed by atoms with E-state index in [9.17, 15) is 14.4 Å². The van der Waals surface area contributed by atoms with E-state index in [-0.39, 0.29) is 31.1 Å². The van der Waals surface area contributed by atoms with E-state index in [0.717, 1.165) is 148 Å². The molecule has 0 bridgehead atoms. The van der Waals surface area contributed by atoms with E-state index in [0.29, 0.717) is 19.3 Å². The van der Waals surface area contributed by atoms with Crippen molar-refractivity contribution in [2.45, 2.75) is 271 Å². The molecule has 0 aliphatic carbocycles. The third-order valence-corrected chi connectivity index (χ3v) is 12.7. The standard InChI is InChI=1S/C69H112O6/c1-4-7-10-13-15-17-19-21-23-25-27-29-31-33-34-36-37-39-41-43-45-47-49-51-53-56-59-62-68(71)74-65-66(64-73-67(70)61-58-55-12-9-6-3)75-69(72)63-60-57-54-52-50-48-46-44-42-40-38-35-32-30-28-26-24-22-20-18-16-14-11-8-5-2/h7-8,10-11,15-18,21-24,27-30,33-35,37-39,66H,4-6,9,12-14,19-20,25-26,31-32,36,40-65H2,1-3H3/b10-7-,11-8-,17-15-,18-16-,23-21-,24-22-,29-27-,30-28-,34-33-,38-35-,39-37-. The van der Waals surface area contributed by atoms with Crippen molar-refractivity contribution in [3.8, 4) is 0 Å². The zero-order valence-electron chi connectivity index (χ0n) is 48.5. The molecular formula is C69H112O6. The smallest absolute Gasteiger partial charge is 0.306 e. The molecule has 6 nitrogen and oxygen atoms in total. The van der Waals surface area contributed by atoms with Gasteiger partial charge in [0.1, 0.15) is 13.2 Å². The summed E-state index contributed by atoms with van der Waals surface area (Å²) in [5, 5.41) is 0. The van der Waals surface area contributed by atoms with Crippen molar-refractivity contribution >= 4 is 17.9 Å². The highest BCUT2D eigenvalue weighted by molar-refractivity contribution is 5.71. The fourth-order valence-electron chi connectivity index (χ4n) is 8.12. The number of allylic oxidation sites excluding steroid dienone is 22. The van der Waals surface area contributed by atoms with Crippen LogP contribution in [0.25, 0.3) is 0 Å². The lowest BCUT2D eigenvalue weighted by atomic mass is 10.1. The molecular weight excluding hydrogens is 925 g/mol. The van der Waals surface area contributed by atoms with E-state index in [4.69, 9.17) is 14.2 Å². The lowest BCUT2D eigenvalue weighted by Gasteiger charge is -2.18. The zero-order valence-corrected chi connectivity index (χ0v) is 48.5. The SMILES string of the molecule is CC/C=C\C/C=C\C/C=C\C/C=C\C/C=C\C/C=C\CCCCCCCCCCC(=O)OCC(COC(=O)CCCCCCC)OC(=O)CCCCCCCCCCC/C=C\C/C=C\C/C=C\C/C=C\C/C=C\CC. The Balaban J connectivity index is 4.13. The van der Waals surface area contributed by atoms with Crippen LogP contribution in [0.3, 0.4) is 0 Å². The highest BCUT2D eigenvalue weighted by Crippen LogP contribution is 2.15. The van der Waals surface area contributed by atoms with Crippen LogP contribution in [-0.4, -0.2) is 37.2 Å². The van der Waals surface area contributed by atoms with Crippen LogP contribution in [-0.2, 0) is 28.6 Å². The molecule has 0 aromatic heterocycles. The summed E-state index contributed by atoms with van der Waals surface area (Å²) in [7, 11) is 0. The first-order valence-electron chi connectivity index (χ1n) is 30.7. The molecule has 0 aliphatic rings. The molecule has 0 rings (SSSR count). The Kier molecular flexibility index (Phi) is 58.4. The van der Waals surface area contributed by atoms with Gasteiger partial charge in [0.2, 0.25) is 0 Å². The number of ether oxygens (including phenoxy) is 3. The Morgan fingerprint density at radius 3 is 0.813 bits per heavy atom. The van der Waals surface area contributed by atoms with Gasteiger partial charge in [-0.1, -0.05) is 264 Å². The highest BCUT2D eigenvalue weighted by atomic mass is 16.6. The highest BCUT2D eigenvalue weighted by Gasteiger charge is 2.19. The molecule has 0 saturated carbocycles. The molecule has 6 heteroatoms. The number of unbranched alkanes of at least 4 members (excludes halogenated alkanes) is 21. The molecule has 0 aliphatic heterocycles. The van der Waals surface area contributed by atoms with Crippen LogP contribution < -0.4 is 0 Å². The zero-order chi connectivity index (χ0) is 54.3. The predicted octanol–water partition coefficient (Wildman–Crippen LogP) is 21.0. The minimum Gasteiger partial charge on any atom is -0.462 e. The summed E-state index contributed by atoms with van der Waals surface area (Å²) in [4.78, 5) is 37.9. The normalized spacial score (nSPS) is 13.1. The number of rotatable bonds is 54. The van der Waals surface area contributed by atoms with Gasteiger partial charge in [0.25, 0.3) is 0 Å². The molecule has 0 N–H and O–H groups in total. The molecule has 424 valence electrons. The minimum atomic E-state index is -0.786. The quantitative estimate of drug-likeness (QED) is 0.0261. The molecule has 0 spiro atoms. The molecule has 1 atom stereocenters. The molecule has 0 radical (unpaired) electrons. The fourth-order valence-corrected chi connectivity index (χ4v) is 8.12. The number of esters is 3. The molecule has 0 aromatic rings. The monoisotopic (exact) mass is 1040 g/mol. The molecule has 0 heterocycles. The second-order valence-corrected chi connectivity index (χ2v) is 19.9. The summed E-state index contributed by atoms with van der Waals surface area (Å²) < 4.78 is 16.7. The summed E-state index contributed by atoms with van der Waals surface area (Å²) >= 11 is 0. The van der Waals surface area contributed by atoms with Gasteiger partial charge in [-0.15, -0.1) is 0 Å². The summed E-state index contributed by atoms with van der Waals surface area (Å²) in [6, 6.07) is 0. The number of hydrogen-bond acceptors (Lipinski definition) is 6. The first-order valence-corrected chi connectivity index (χ1v) is 30.7. The lowest BCUT2D eigenvalue weighted by Crippen LogP contribution is -2.30. The maximum Gasteiger partial charge on any atom is 0.306 e. The summed E-state index contributed by atoms with van der Waals surface area (Å²) in [6.45, 7) is 6.32. The Bertz CT molecular complexity index is 1620. The average molecular weight is 1040 g/mol. The van der Waals surface area contributed by atoms with Crippen LogP contribution in [0.4, 0.5) is 0 Å². The van der Waals surface area contributed by atoms with Crippen molar-refractivity contribution in [1.82, 2.24) is 0 Å². The van der Waals surface area contributed by atoms with E-state index in [1.54, 1.807) is 0 Å². The first kappa shape index (κ1) is 70.5. The van der Waals surface area contributed by atoms with Gasteiger partial charge in [-0.05, 0) is 116 Å². The summed E-state index contributed by atoms with van der Waals surface area (Å²) in [6.07, 6.45) is 87.8. The van der Waals surface area contributed by atoms with Crippen molar-refractivity contribution in [2.75, 3.05) is 13.2 Å². The van der Waals surface area contributed by atoms with Crippen LogP contribution in [0.5, 0.6) is 0 Å². The Labute approximate surface area is 462 Å². The molecule has 0 saturated heterocycles. The maximum absolute atomic E-state index is 12.8. The molecule has 0 fully saturated rings. The third-order valence-electron chi connectivity index (χ3n) is 12.7. The molecule has 1 unspecified atom stereocenters. The average Bonchev–Trinajstić information content (AvgIpc) is 3.41. The lowest BCUT2D eigenvalue weighted by molar-refractivity contribution is -0.167. The van der Waals surface area contributed by atoms with Gasteiger partial charge in [-0.25, -0.2) is 0 Å². The maximum atomic E-state index is 12.8. The van der Waals surface area contributed by atoms with E-state index >= 15 is 0 Å². The Hall–Kier alpha value is -4.45. The van der Waals surface area contributed by atoms with Crippen molar-refractivity contribution in [2.24, 2.45) is 0 Å². The number of carbonyl (C=O) groups excluding carboxylic acids is 3. The minimum absolute atomic E-state index is 0.0868. The van der Waals surface area contributed by atoms with Gasteiger partial charge in [-0.2, -0.15) is 0 Å². The van der Waals surface area contributed by atoms with Crippen molar-refractivity contribution in [3.63, 3.8) is 0 Å². The molecule has 0 aromatic carbocycles. The third kappa shape index (κ3) is 60.3. The number of hydrogen-bond donors (Lipinski definition) is 0. The van der Waals surface area contributed by atoms with Gasteiger partial charge in [0.15, 0.2) is 6.10 Å². The van der Waals surface area contributed by atoms with Crippen LogP contribution in [0, 0.1) is 0 Å². The Morgan fingerprint density at radius 1 is 0.280 bits per heavy atom. The van der Waals surface area contributed by atoms with E-state index in [2.05, 4.69) is 154 Å². The van der Waals surface area contributed by atoms with E-state index < -0.39 is 6.10 Å². The van der Waals surface area contributed by atoms with Gasteiger partial charge in [0, 0.05) is 19.3 Å².